The summed E-state index contributed by atoms with van der Waals surface area (Å²) in [6, 6.07) is 0. The summed E-state index contributed by atoms with van der Waals surface area (Å²) in [6.07, 6.45) is 0. The van der Waals surface area contributed by atoms with Crippen LogP contribution in [0.25, 0.3) is 0 Å². The topological polar surface area (TPSA) is 86.6 Å². The van der Waals surface area contributed by atoms with Crippen LogP contribution >= 0.6 is 8.18 Å². The lowest BCUT2D eigenvalue weighted by atomic mass is 10.7. The molecule has 0 aromatic rings. The van der Waals surface area contributed by atoms with Gasteiger partial charge in [0.15, 0.2) is 0 Å². The summed E-state index contributed by atoms with van der Waals surface area (Å²) in [5, 5.41) is 9.67. The van der Waals surface area contributed by atoms with Gasteiger partial charge in [0.05, 0.1) is 0 Å². The maximum atomic E-state index is 9.68. The van der Waals surface area contributed by atoms with E-state index in [0.717, 1.165) is 0 Å². The van der Waals surface area contributed by atoms with Crippen molar-refractivity contribution in [3.8, 4) is 0 Å². The highest BCUT2D eigenvalue weighted by Gasteiger charge is 2.10. The molecule has 5 nitrogen and oxygen atoms in total. The van der Waals surface area contributed by atoms with Gasteiger partial charge in [-0.1, -0.05) is 5.09 Å². The van der Waals surface area contributed by atoms with E-state index in [1.54, 1.807) is 0 Å². The van der Waals surface area contributed by atoms with Crippen molar-refractivity contribution in [2.24, 2.45) is 0 Å². The van der Waals surface area contributed by atoms with Crippen LogP contribution in [0, 0.1) is 0 Å². The lowest BCUT2D eigenvalue weighted by Gasteiger charge is -1.79. The second-order valence-electron chi connectivity index (χ2n) is 1.00. The molecule has 0 fully saturated rings. The first kappa shape index (κ1) is 7.49. The second kappa shape index (κ2) is 3.49. The summed E-state index contributed by atoms with van der Waals surface area (Å²) in [5.74, 6) is -1.15. The number of hydrogen-bond donors (Lipinski definition) is 3. The van der Waals surface area contributed by atoms with E-state index in [9.17, 15) is 9.36 Å². The van der Waals surface area contributed by atoms with Gasteiger partial charge in [0.25, 0.3) is 0 Å². The number of carbonyl (C=O) groups is 1. The van der Waals surface area contributed by atoms with Gasteiger partial charge in [-0.2, -0.15) is 0 Å². The standard InChI is InChI=1S/C2H4NO4P/c4-2(5)1-3-8(6)7/h1H2,(H2-,3,4,5,6,7)/p+1. The molecule has 0 heterocycles. The first-order chi connectivity index (χ1) is 3.63. The minimum Gasteiger partial charge on any atom is -0.480 e. The van der Waals surface area contributed by atoms with Crippen LogP contribution in [0.5, 0.6) is 0 Å². The number of carboxylic acid groups (broad SMARTS) is 1. The summed E-state index contributed by atoms with van der Waals surface area (Å²) in [5.41, 5.74) is 0. The molecule has 0 aliphatic heterocycles. The summed E-state index contributed by atoms with van der Waals surface area (Å²) in [6.45, 7) is -0.480. The predicted molar refractivity (Wildman–Crippen MR) is 25.5 cm³/mol. The molecule has 0 aliphatic rings. The maximum absolute atomic E-state index is 9.68. The van der Waals surface area contributed by atoms with Crippen LogP contribution in [0.2, 0.25) is 0 Å². The number of carboxylic acids is 1. The molecular formula is C2H5NO4P+. The Labute approximate surface area is 46.3 Å². The van der Waals surface area contributed by atoms with E-state index < -0.39 is 20.7 Å². The third-order valence-electron chi connectivity index (χ3n) is 0.366. The highest BCUT2D eigenvalue weighted by molar-refractivity contribution is 7.35. The SMILES string of the molecule is O=C(O)CN[P+](=O)O. The molecule has 8 heavy (non-hydrogen) atoms. The van der Waals surface area contributed by atoms with Gasteiger partial charge in [-0.3, -0.25) is 4.79 Å². The van der Waals surface area contributed by atoms with Gasteiger partial charge in [0, 0.05) is 0 Å². The van der Waals surface area contributed by atoms with Gasteiger partial charge in [0.1, 0.15) is 6.54 Å². The van der Waals surface area contributed by atoms with Crippen LogP contribution in [0.4, 0.5) is 0 Å². The molecule has 1 atom stereocenters. The lowest BCUT2D eigenvalue weighted by molar-refractivity contribution is -0.135. The molecule has 6 heteroatoms. The number of hydrogen-bond acceptors (Lipinski definition) is 2. The molecule has 0 saturated carbocycles. The Bertz CT molecular complexity index is 98.6. The van der Waals surface area contributed by atoms with Gasteiger partial charge >= 0.3 is 14.1 Å². The normalized spacial score (nSPS) is 10.9. The molecule has 0 aliphatic carbocycles. The summed E-state index contributed by atoms with van der Waals surface area (Å²) >= 11 is 0. The average molecular weight is 138 g/mol. The molecule has 0 amide bonds. The first-order valence-electron chi connectivity index (χ1n) is 1.74. The van der Waals surface area contributed by atoms with Crippen molar-refractivity contribution < 1.29 is 19.4 Å². The fourth-order valence-corrected chi connectivity index (χ4v) is 0.406. The highest BCUT2D eigenvalue weighted by atomic mass is 31.1. The van der Waals surface area contributed by atoms with Crippen molar-refractivity contribution >= 4 is 14.1 Å². The predicted octanol–water partition coefficient (Wildman–Crippen LogP) is -0.690. The van der Waals surface area contributed by atoms with Gasteiger partial charge in [0.2, 0.25) is 0 Å². The molecule has 0 saturated heterocycles. The number of nitrogens with one attached hydrogen (secondary N) is 1. The third kappa shape index (κ3) is 5.49. The van der Waals surface area contributed by atoms with Crippen molar-refractivity contribution in [1.82, 2.24) is 5.09 Å². The minimum atomic E-state index is -2.51. The van der Waals surface area contributed by atoms with Crippen LogP contribution < -0.4 is 5.09 Å². The first-order valence-corrected chi connectivity index (χ1v) is 2.95. The fraction of sp³-hybridized carbons (Fsp3) is 0.500. The maximum Gasteiger partial charge on any atom is 0.610 e. The monoisotopic (exact) mass is 138 g/mol. The van der Waals surface area contributed by atoms with Crippen molar-refractivity contribution in [3.63, 3.8) is 0 Å². The Kier molecular flexibility index (Phi) is 3.26. The summed E-state index contributed by atoms with van der Waals surface area (Å²) in [7, 11) is -2.51. The van der Waals surface area contributed by atoms with Gasteiger partial charge in [-0.05, 0) is 4.57 Å². The van der Waals surface area contributed by atoms with E-state index >= 15 is 0 Å². The van der Waals surface area contributed by atoms with Crippen LogP contribution in [-0.4, -0.2) is 22.5 Å². The summed E-state index contributed by atoms with van der Waals surface area (Å²) < 4.78 is 9.68. The highest BCUT2D eigenvalue weighted by Crippen LogP contribution is 2.01. The van der Waals surface area contributed by atoms with Crippen LogP contribution in [-0.2, 0) is 9.36 Å². The molecular weight excluding hydrogens is 133 g/mol. The molecule has 0 radical (unpaired) electrons. The van der Waals surface area contributed by atoms with Gasteiger partial charge in [-0.15, -0.1) is 4.89 Å². The quantitative estimate of drug-likeness (QED) is 0.449. The van der Waals surface area contributed by atoms with Crippen LogP contribution in [0.3, 0.4) is 0 Å². The lowest BCUT2D eigenvalue weighted by Crippen LogP contribution is -2.14. The van der Waals surface area contributed by atoms with Crippen molar-refractivity contribution in [3.05, 3.63) is 0 Å². The van der Waals surface area contributed by atoms with Gasteiger partial charge in [-0.25, -0.2) is 0 Å². The van der Waals surface area contributed by atoms with Crippen molar-refractivity contribution in [2.75, 3.05) is 6.54 Å². The van der Waals surface area contributed by atoms with Crippen LogP contribution in [0.1, 0.15) is 0 Å². The smallest absolute Gasteiger partial charge is 0.480 e. The summed E-state index contributed by atoms with van der Waals surface area (Å²) in [4.78, 5) is 17.5. The van der Waals surface area contributed by atoms with E-state index in [1.165, 1.54) is 0 Å². The Balaban J connectivity index is 3.18. The molecule has 0 bridgehead atoms. The Hall–Kier alpha value is -0.510. The zero-order valence-electron chi connectivity index (χ0n) is 3.87. The molecule has 0 spiro atoms. The van der Waals surface area contributed by atoms with Crippen LogP contribution in [0.15, 0.2) is 0 Å². The largest absolute Gasteiger partial charge is 0.610 e. The van der Waals surface area contributed by atoms with Crippen molar-refractivity contribution in [1.29, 1.82) is 0 Å². The molecule has 1 unspecified atom stereocenters. The fourth-order valence-electron chi connectivity index (χ4n) is 0.135. The Morgan fingerprint density at radius 1 is 1.75 bits per heavy atom. The molecule has 0 aromatic heterocycles. The zero-order valence-corrected chi connectivity index (χ0v) is 4.76. The molecule has 3 N–H and O–H groups in total. The molecule has 0 aromatic carbocycles. The molecule has 0 rings (SSSR count). The van der Waals surface area contributed by atoms with Gasteiger partial charge < -0.3 is 5.11 Å². The zero-order chi connectivity index (χ0) is 6.57. The third-order valence-corrected chi connectivity index (χ3v) is 0.794. The van der Waals surface area contributed by atoms with E-state index in [0.29, 0.717) is 0 Å². The van der Waals surface area contributed by atoms with E-state index in [1.807, 2.05) is 5.09 Å². The van der Waals surface area contributed by atoms with E-state index in [-0.39, 0.29) is 0 Å². The van der Waals surface area contributed by atoms with Crippen molar-refractivity contribution in [2.45, 2.75) is 0 Å². The number of rotatable bonds is 3. The molecule has 46 valence electrons. The Morgan fingerprint density at radius 3 is 2.38 bits per heavy atom. The minimum absolute atomic E-state index is 0.480. The Morgan fingerprint density at radius 2 is 2.25 bits per heavy atom. The average Bonchev–Trinajstić information content (AvgIpc) is 1.61. The van der Waals surface area contributed by atoms with E-state index in [4.69, 9.17) is 10.00 Å². The van der Waals surface area contributed by atoms with E-state index in [2.05, 4.69) is 0 Å². The number of aliphatic carboxylic acids is 1. The second-order valence-corrected chi connectivity index (χ2v) is 1.86.